The Balaban J connectivity index is 1.72. The molecule has 152 valence electrons. The molecule has 2 aliphatic heterocycles. The number of urea groups is 1. The fraction of sp³-hybridized carbons (Fsp3) is 0.364. The minimum Gasteiger partial charge on any atom is -0.493 e. The number of hydrogen-bond donors (Lipinski definition) is 1. The quantitative estimate of drug-likeness (QED) is 0.845. The summed E-state index contributed by atoms with van der Waals surface area (Å²) in [5, 5.41) is 2.90. The number of carbonyl (C=O) groups excluding carboxylic acids is 1. The van der Waals surface area contributed by atoms with Crippen LogP contribution >= 0.6 is 0 Å². The summed E-state index contributed by atoms with van der Waals surface area (Å²) in [6, 6.07) is 13.6. The molecule has 1 atom stereocenters. The number of hydrogen-bond acceptors (Lipinski definition) is 5. The summed E-state index contributed by atoms with van der Waals surface area (Å²) in [7, 11) is 1.64. The van der Waals surface area contributed by atoms with Gasteiger partial charge in [0.1, 0.15) is 11.5 Å². The molecule has 1 fully saturated rings. The highest BCUT2D eigenvalue weighted by Crippen LogP contribution is 2.42. The largest absolute Gasteiger partial charge is 0.493 e. The second kappa shape index (κ2) is 8.03. The Bertz CT molecular complexity index is 943. The lowest BCUT2D eigenvalue weighted by Crippen LogP contribution is -2.57. The first-order valence-corrected chi connectivity index (χ1v) is 9.94. The van der Waals surface area contributed by atoms with Crippen molar-refractivity contribution in [2.24, 2.45) is 4.99 Å². The molecule has 7 nitrogen and oxygen atoms in total. The Morgan fingerprint density at radius 3 is 2.83 bits per heavy atom. The maximum absolute atomic E-state index is 12.3. The highest BCUT2D eigenvalue weighted by atomic mass is 16.5. The van der Waals surface area contributed by atoms with Crippen LogP contribution in [0.2, 0.25) is 0 Å². The van der Waals surface area contributed by atoms with Crippen molar-refractivity contribution in [3.05, 3.63) is 48.0 Å². The number of piperazine rings is 1. The van der Waals surface area contributed by atoms with Crippen LogP contribution in [0.5, 0.6) is 17.2 Å². The molecule has 2 amide bonds. The molecule has 29 heavy (non-hydrogen) atoms. The van der Waals surface area contributed by atoms with Gasteiger partial charge in [-0.25, -0.2) is 9.79 Å². The molecule has 2 aromatic rings. The van der Waals surface area contributed by atoms with Crippen molar-refractivity contribution in [1.82, 2.24) is 15.1 Å². The van der Waals surface area contributed by atoms with E-state index < -0.39 is 0 Å². The van der Waals surface area contributed by atoms with Crippen molar-refractivity contribution in [2.45, 2.75) is 19.9 Å². The van der Waals surface area contributed by atoms with Gasteiger partial charge in [-0.05, 0) is 38.1 Å². The number of methoxy groups -OCH3 is 1. The number of amides is 2. The fourth-order valence-corrected chi connectivity index (χ4v) is 3.82. The lowest BCUT2D eigenvalue weighted by Gasteiger charge is -2.41. The summed E-state index contributed by atoms with van der Waals surface area (Å²) >= 11 is 0. The van der Waals surface area contributed by atoms with E-state index in [4.69, 9.17) is 14.5 Å². The van der Waals surface area contributed by atoms with Gasteiger partial charge in [0.05, 0.1) is 12.7 Å². The topological polar surface area (TPSA) is 66.4 Å². The number of fused-ring (bicyclic) bond motifs is 2. The molecular weight excluding hydrogens is 368 g/mol. The van der Waals surface area contributed by atoms with Crippen LogP contribution in [0.4, 0.5) is 10.5 Å². The number of nitrogens with zero attached hydrogens (tertiary/aromatic N) is 3. The van der Waals surface area contributed by atoms with E-state index in [9.17, 15) is 4.79 Å². The molecule has 0 saturated carbocycles. The van der Waals surface area contributed by atoms with Gasteiger partial charge in [-0.2, -0.15) is 0 Å². The standard InChI is InChI=1S/C22H26N4O3/c1-4-23-22(27)26-13-12-25(14-15(26)2)21-16-8-7-11-19(28-3)20(16)29-18-10-6-5-9-17(18)24-21/h5-11,15H,4,12-14H2,1-3H3,(H,23,27). The number of para-hydroxylation sites is 3. The van der Waals surface area contributed by atoms with E-state index in [1.165, 1.54) is 0 Å². The summed E-state index contributed by atoms with van der Waals surface area (Å²) in [4.78, 5) is 21.4. The van der Waals surface area contributed by atoms with Crippen LogP contribution in [0.3, 0.4) is 0 Å². The highest BCUT2D eigenvalue weighted by Gasteiger charge is 2.32. The normalized spacial score (nSPS) is 18.0. The van der Waals surface area contributed by atoms with Gasteiger partial charge in [-0.1, -0.05) is 18.2 Å². The Kier molecular flexibility index (Phi) is 5.29. The molecule has 2 aliphatic rings. The van der Waals surface area contributed by atoms with E-state index in [0.29, 0.717) is 43.4 Å². The van der Waals surface area contributed by atoms with Crippen LogP contribution in [0.25, 0.3) is 0 Å². The van der Waals surface area contributed by atoms with Crippen LogP contribution < -0.4 is 14.8 Å². The monoisotopic (exact) mass is 394 g/mol. The Morgan fingerprint density at radius 1 is 1.24 bits per heavy atom. The van der Waals surface area contributed by atoms with Gasteiger partial charge in [-0.15, -0.1) is 0 Å². The molecule has 4 rings (SSSR count). The van der Waals surface area contributed by atoms with E-state index in [0.717, 1.165) is 17.1 Å². The third-order valence-corrected chi connectivity index (χ3v) is 5.26. The van der Waals surface area contributed by atoms with Crippen LogP contribution in [-0.4, -0.2) is 61.0 Å². The average Bonchev–Trinajstić information content (AvgIpc) is 2.90. The van der Waals surface area contributed by atoms with Crippen molar-refractivity contribution >= 4 is 17.6 Å². The first-order valence-electron chi connectivity index (χ1n) is 9.94. The lowest BCUT2D eigenvalue weighted by atomic mass is 10.1. The smallest absolute Gasteiger partial charge is 0.317 e. The summed E-state index contributed by atoms with van der Waals surface area (Å²) in [6.45, 7) is 6.64. The molecule has 2 heterocycles. The summed E-state index contributed by atoms with van der Waals surface area (Å²) in [6.07, 6.45) is 0. The highest BCUT2D eigenvalue weighted by molar-refractivity contribution is 6.04. The second-order valence-corrected chi connectivity index (χ2v) is 7.17. The SMILES string of the molecule is CCNC(=O)N1CCN(C2=Nc3ccccc3Oc3c(OC)cccc32)CC1C. The summed E-state index contributed by atoms with van der Waals surface area (Å²) in [5.41, 5.74) is 1.67. The molecule has 0 aliphatic carbocycles. The minimum absolute atomic E-state index is 0.0156. The van der Waals surface area contributed by atoms with E-state index in [1.807, 2.05) is 54.3 Å². The first-order chi connectivity index (χ1) is 14.1. The summed E-state index contributed by atoms with van der Waals surface area (Å²) < 4.78 is 11.8. The van der Waals surface area contributed by atoms with Crippen molar-refractivity contribution in [1.29, 1.82) is 0 Å². The zero-order chi connectivity index (χ0) is 20.4. The van der Waals surface area contributed by atoms with Crippen molar-refractivity contribution in [2.75, 3.05) is 33.3 Å². The predicted molar refractivity (Wildman–Crippen MR) is 113 cm³/mol. The van der Waals surface area contributed by atoms with Gasteiger partial charge in [0, 0.05) is 32.2 Å². The van der Waals surface area contributed by atoms with E-state index in [-0.39, 0.29) is 12.1 Å². The van der Waals surface area contributed by atoms with Gasteiger partial charge in [0.15, 0.2) is 17.2 Å². The minimum atomic E-state index is -0.0156. The van der Waals surface area contributed by atoms with E-state index in [2.05, 4.69) is 17.1 Å². The van der Waals surface area contributed by atoms with Gasteiger partial charge < -0.3 is 24.6 Å². The van der Waals surface area contributed by atoms with Gasteiger partial charge >= 0.3 is 6.03 Å². The van der Waals surface area contributed by atoms with Gasteiger partial charge in [0.25, 0.3) is 0 Å². The van der Waals surface area contributed by atoms with Crippen LogP contribution in [0, 0.1) is 0 Å². The average molecular weight is 394 g/mol. The lowest BCUT2D eigenvalue weighted by molar-refractivity contribution is 0.135. The Hall–Kier alpha value is -3.22. The van der Waals surface area contributed by atoms with Crippen molar-refractivity contribution in [3.63, 3.8) is 0 Å². The van der Waals surface area contributed by atoms with Crippen LogP contribution in [0.1, 0.15) is 19.4 Å². The molecular formula is C22H26N4O3. The third kappa shape index (κ3) is 3.60. The molecule has 0 spiro atoms. The number of ether oxygens (including phenoxy) is 2. The molecule has 1 N–H and O–H groups in total. The zero-order valence-corrected chi connectivity index (χ0v) is 17.0. The fourth-order valence-electron chi connectivity index (χ4n) is 3.82. The molecule has 2 aromatic carbocycles. The van der Waals surface area contributed by atoms with E-state index >= 15 is 0 Å². The Morgan fingerprint density at radius 2 is 2.07 bits per heavy atom. The van der Waals surface area contributed by atoms with Gasteiger partial charge in [0.2, 0.25) is 0 Å². The van der Waals surface area contributed by atoms with Crippen LogP contribution in [0.15, 0.2) is 47.5 Å². The van der Waals surface area contributed by atoms with Crippen molar-refractivity contribution < 1.29 is 14.3 Å². The predicted octanol–water partition coefficient (Wildman–Crippen LogP) is 3.61. The second-order valence-electron chi connectivity index (χ2n) is 7.17. The molecule has 1 saturated heterocycles. The first kappa shape index (κ1) is 19.1. The van der Waals surface area contributed by atoms with E-state index in [1.54, 1.807) is 7.11 Å². The maximum Gasteiger partial charge on any atom is 0.317 e. The molecule has 0 bridgehead atoms. The molecule has 0 radical (unpaired) electrons. The number of rotatable bonds is 2. The zero-order valence-electron chi connectivity index (χ0n) is 17.0. The number of carbonyl (C=O) groups is 1. The number of amidine groups is 1. The number of aliphatic imine (C=N–C) groups is 1. The van der Waals surface area contributed by atoms with Gasteiger partial charge in [-0.3, -0.25) is 0 Å². The third-order valence-electron chi connectivity index (χ3n) is 5.26. The Labute approximate surface area is 170 Å². The van der Waals surface area contributed by atoms with Crippen molar-refractivity contribution in [3.8, 4) is 17.2 Å². The molecule has 1 unspecified atom stereocenters. The molecule has 0 aromatic heterocycles. The number of nitrogens with one attached hydrogen (secondary N) is 1. The number of benzene rings is 2. The molecule has 7 heteroatoms. The maximum atomic E-state index is 12.3. The summed E-state index contributed by atoms with van der Waals surface area (Å²) in [5.74, 6) is 2.87. The van der Waals surface area contributed by atoms with Crippen LogP contribution in [-0.2, 0) is 0 Å².